The highest BCUT2D eigenvalue weighted by Crippen LogP contribution is 2.38. The predicted molar refractivity (Wildman–Crippen MR) is 91.7 cm³/mol. The number of fused-ring (bicyclic) bond motifs is 2. The molecule has 2 aromatic rings. The molecule has 3 saturated heterocycles. The molecule has 3 aliphatic heterocycles. The van der Waals surface area contributed by atoms with Crippen LogP contribution in [-0.2, 0) is 10.0 Å². The Morgan fingerprint density at radius 3 is 1.96 bits per heavy atom. The van der Waals surface area contributed by atoms with Crippen molar-refractivity contribution in [1.29, 1.82) is 0 Å². The number of piperidine rings is 1. The fraction of sp³-hybridized carbons (Fsp3) is 0.333. The molecule has 6 heteroatoms. The van der Waals surface area contributed by atoms with Crippen LogP contribution >= 0.6 is 0 Å². The number of nitrogens with zero attached hydrogens (tertiary/aromatic N) is 1. The van der Waals surface area contributed by atoms with Gasteiger partial charge in [0.25, 0.3) is 0 Å². The average Bonchev–Trinajstić information content (AvgIpc) is 2.56. The maximum atomic E-state index is 13.0. The molecule has 3 aliphatic rings. The van der Waals surface area contributed by atoms with Crippen molar-refractivity contribution in [2.45, 2.75) is 18.0 Å². The van der Waals surface area contributed by atoms with E-state index < -0.39 is 10.0 Å². The van der Waals surface area contributed by atoms with Crippen molar-refractivity contribution in [3.05, 3.63) is 59.9 Å². The fourth-order valence-electron chi connectivity index (χ4n) is 3.77. The zero-order valence-corrected chi connectivity index (χ0v) is 14.1. The van der Waals surface area contributed by atoms with E-state index in [2.05, 4.69) is 17.4 Å². The molecule has 4 nitrogen and oxygen atoms in total. The summed E-state index contributed by atoms with van der Waals surface area (Å²) in [5, 5.41) is 3.43. The first-order valence-electron chi connectivity index (χ1n) is 7.99. The molecule has 1 unspecified atom stereocenters. The van der Waals surface area contributed by atoms with Gasteiger partial charge in [-0.05, 0) is 28.8 Å². The second-order valence-corrected chi connectivity index (χ2v) is 8.60. The predicted octanol–water partition coefficient (Wildman–Crippen LogP) is 2.19. The Hall–Kier alpha value is -1.76. The Balaban J connectivity index is 1.52. The largest absolute Gasteiger partial charge is 0.307 e. The van der Waals surface area contributed by atoms with Crippen molar-refractivity contribution >= 4 is 10.0 Å². The van der Waals surface area contributed by atoms with E-state index in [1.54, 1.807) is 16.4 Å². The number of piperazine rings is 1. The van der Waals surface area contributed by atoms with Crippen molar-refractivity contribution in [2.24, 2.45) is 0 Å². The molecule has 0 radical (unpaired) electrons. The normalized spacial score (nSPS) is 26.8. The number of rotatable bonds is 3. The Morgan fingerprint density at radius 2 is 1.46 bits per heavy atom. The van der Waals surface area contributed by atoms with Gasteiger partial charge in [-0.1, -0.05) is 36.4 Å². The second kappa shape index (κ2) is 5.65. The molecule has 3 heterocycles. The van der Waals surface area contributed by atoms with E-state index in [0.29, 0.717) is 19.0 Å². The average molecular weight is 346 g/mol. The standard InChI is InChI=1S/C18H19FN2O2S/c1-24(22,23)21-10-16-18(17(11-21)20-16)14-4-2-12(3-5-14)13-6-8-15(19)9-7-13/h2-9,16-18,20H,10-11H2,1H3/t16-,17+,18?. The molecule has 0 aliphatic carbocycles. The Morgan fingerprint density at radius 1 is 0.958 bits per heavy atom. The Kier molecular flexibility index (Phi) is 3.71. The molecule has 2 aromatic carbocycles. The lowest BCUT2D eigenvalue weighted by atomic mass is 9.75. The minimum Gasteiger partial charge on any atom is -0.307 e. The summed E-state index contributed by atoms with van der Waals surface area (Å²) in [6.07, 6.45) is 1.27. The molecule has 0 saturated carbocycles. The topological polar surface area (TPSA) is 49.4 Å². The first-order valence-corrected chi connectivity index (χ1v) is 9.84. The highest BCUT2D eigenvalue weighted by atomic mass is 32.2. The molecule has 0 spiro atoms. The van der Waals surface area contributed by atoms with Crippen molar-refractivity contribution in [1.82, 2.24) is 9.62 Å². The van der Waals surface area contributed by atoms with Gasteiger partial charge >= 0.3 is 0 Å². The molecular formula is C18H19FN2O2S. The van der Waals surface area contributed by atoms with E-state index in [9.17, 15) is 12.8 Å². The molecule has 3 fully saturated rings. The summed E-state index contributed by atoms with van der Waals surface area (Å²) in [6.45, 7) is 1.05. The molecule has 126 valence electrons. The smallest absolute Gasteiger partial charge is 0.211 e. The molecule has 0 aromatic heterocycles. The third-order valence-corrected chi connectivity index (χ3v) is 6.27. The van der Waals surface area contributed by atoms with Gasteiger partial charge in [-0.25, -0.2) is 12.8 Å². The quantitative estimate of drug-likeness (QED) is 0.927. The Labute approximate surface area is 141 Å². The zero-order chi connectivity index (χ0) is 16.9. The number of nitrogens with one attached hydrogen (secondary N) is 1. The van der Waals surface area contributed by atoms with E-state index in [0.717, 1.165) is 11.1 Å². The van der Waals surface area contributed by atoms with E-state index in [1.165, 1.54) is 24.0 Å². The third kappa shape index (κ3) is 2.75. The summed E-state index contributed by atoms with van der Waals surface area (Å²) in [7, 11) is -3.12. The van der Waals surface area contributed by atoms with Crippen molar-refractivity contribution in [3.63, 3.8) is 0 Å². The van der Waals surface area contributed by atoms with Gasteiger partial charge in [0.2, 0.25) is 10.0 Å². The first-order chi connectivity index (χ1) is 11.4. The SMILES string of the molecule is CS(=O)(=O)N1C[C@@H]2N[C@H](C1)C2c1ccc(-c2ccc(F)cc2)cc1. The van der Waals surface area contributed by atoms with Crippen molar-refractivity contribution in [3.8, 4) is 11.1 Å². The van der Waals surface area contributed by atoms with Crippen LogP contribution in [0.2, 0.25) is 0 Å². The Bertz CT molecular complexity index is 838. The van der Waals surface area contributed by atoms with Crippen LogP contribution in [0, 0.1) is 5.82 Å². The van der Waals surface area contributed by atoms with E-state index in [1.807, 2.05) is 12.1 Å². The van der Waals surface area contributed by atoms with Gasteiger partial charge in [0, 0.05) is 31.1 Å². The third-order valence-electron chi connectivity index (χ3n) is 5.04. The minimum absolute atomic E-state index is 0.176. The summed E-state index contributed by atoms with van der Waals surface area (Å²) in [4.78, 5) is 0. The molecule has 2 bridgehead atoms. The van der Waals surface area contributed by atoms with Crippen LogP contribution in [-0.4, -0.2) is 44.2 Å². The number of hydrogen-bond donors (Lipinski definition) is 1. The van der Waals surface area contributed by atoms with Gasteiger partial charge in [-0.2, -0.15) is 4.31 Å². The fourth-order valence-corrected chi connectivity index (χ4v) is 4.63. The first kappa shape index (κ1) is 15.7. The van der Waals surface area contributed by atoms with Gasteiger partial charge in [-0.3, -0.25) is 0 Å². The highest BCUT2D eigenvalue weighted by molar-refractivity contribution is 7.88. The number of halogens is 1. The van der Waals surface area contributed by atoms with Gasteiger partial charge in [0.15, 0.2) is 0 Å². The molecule has 24 heavy (non-hydrogen) atoms. The summed E-state index contributed by atoms with van der Waals surface area (Å²) < 4.78 is 38.0. The summed E-state index contributed by atoms with van der Waals surface area (Å²) in [6, 6.07) is 15.1. The molecule has 0 amide bonds. The van der Waals surface area contributed by atoms with E-state index in [4.69, 9.17) is 0 Å². The van der Waals surface area contributed by atoms with Crippen LogP contribution in [0.15, 0.2) is 48.5 Å². The summed E-state index contributed by atoms with van der Waals surface area (Å²) in [5.41, 5.74) is 3.26. The maximum absolute atomic E-state index is 13.0. The molecule has 3 atom stereocenters. The van der Waals surface area contributed by atoms with Crippen LogP contribution in [0.5, 0.6) is 0 Å². The van der Waals surface area contributed by atoms with Crippen LogP contribution in [0.25, 0.3) is 11.1 Å². The van der Waals surface area contributed by atoms with Crippen molar-refractivity contribution < 1.29 is 12.8 Å². The number of hydrogen-bond acceptors (Lipinski definition) is 3. The maximum Gasteiger partial charge on any atom is 0.211 e. The highest BCUT2D eigenvalue weighted by Gasteiger charge is 2.48. The van der Waals surface area contributed by atoms with Gasteiger partial charge in [-0.15, -0.1) is 0 Å². The van der Waals surface area contributed by atoms with Crippen LogP contribution < -0.4 is 5.32 Å². The van der Waals surface area contributed by atoms with Gasteiger partial charge in [0.1, 0.15) is 5.82 Å². The van der Waals surface area contributed by atoms with Crippen LogP contribution in [0.1, 0.15) is 11.5 Å². The molecular weight excluding hydrogens is 327 g/mol. The lowest BCUT2D eigenvalue weighted by Crippen LogP contribution is -2.72. The molecule has 5 rings (SSSR count). The van der Waals surface area contributed by atoms with Crippen molar-refractivity contribution in [2.75, 3.05) is 19.3 Å². The van der Waals surface area contributed by atoms with E-state index >= 15 is 0 Å². The minimum atomic E-state index is -3.12. The lowest BCUT2D eigenvalue weighted by Gasteiger charge is -2.54. The summed E-state index contributed by atoms with van der Waals surface area (Å²) >= 11 is 0. The number of benzene rings is 2. The van der Waals surface area contributed by atoms with Gasteiger partial charge in [0.05, 0.1) is 6.26 Å². The van der Waals surface area contributed by atoms with Crippen LogP contribution in [0.4, 0.5) is 4.39 Å². The monoisotopic (exact) mass is 346 g/mol. The lowest BCUT2D eigenvalue weighted by molar-refractivity contribution is 0.102. The summed E-state index contributed by atoms with van der Waals surface area (Å²) in [5.74, 6) is 0.115. The second-order valence-electron chi connectivity index (χ2n) is 6.61. The zero-order valence-electron chi connectivity index (χ0n) is 13.3. The number of sulfonamides is 1. The molecule has 1 N–H and O–H groups in total. The van der Waals surface area contributed by atoms with Crippen LogP contribution in [0.3, 0.4) is 0 Å². The van der Waals surface area contributed by atoms with E-state index in [-0.39, 0.29) is 17.9 Å². The van der Waals surface area contributed by atoms with Gasteiger partial charge < -0.3 is 5.32 Å².